The highest BCUT2D eigenvalue weighted by Crippen LogP contribution is 2.24. The van der Waals surface area contributed by atoms with Crippen molar-refractivity contribution in [3.8, 4) is 11.5 Å². The van der Waals surface area contributed by atoms with Gasteiger partial charge in [0.25, 0.3) is 15.9 Å². The lowest BCUT2D eigenvalue weighted by molar-refractivity contribution is 0.0947. The predicted molar refractivity (Wildman–Crippen MR) is 124 cm³/mol. The largest absolute Gasteiger partial charge is 0.497 e. The molecule has 0 aliphatic carbocycles. The van der Waals surface area contributed by atoms with Crippen LogP contribution in [0.25, 0.3) is 0 Å². The molecule has 0 heterocycles. The van der Waals surface area contributed by atoms with Crippen molar-refractivity contribution in [2.24, 2.45) is 0 Å². The Balaban J connectivity index is 1.57. The molecule has 3 aromatic rings. The van der Waals surface area contributed by atoms with Crippen molar-refractivity contribution in [3.63, 3.8) is 0 Å². The molecule has 0 saturated carbocycles. The second kappa shape index (κ2) is 10.2. The SMILES string of the molecule is COc1ccc(S(=O)(=O)N(C)c2ccc(C(=O)NCCOc3cccc(C)c3)cc2)cc1. The van der Waals surface area contributed by atoms with Crippen LogP contribution in [0.1, 0.15) is 15.9 Å². The molecule has 0 aliphatic rings. The van der Waals surface area contributed by atoms with E-state index in [0.29, 0.717) is 30.2 Å². The van der Waals surface area contributed by atoms with Crippen LogP contribution in [0.3, 0.4) is 0 Å². The normalized spacial score (nSPS) is 11.0. The first-order valence-corrected chi connectivity index (χ1v) is 11.5. The van der Waals surface area contributed by atoms with Gasteiger partial charge in [0.15, 0.2) is 0 Å². The third-order valence-electron chi connectivity index (χ3n) is 4.86. The van der Waals surface area contributed by atoms with Gasteiger partial charge in [-0.15, -0.1) is 0 Å². The molecule has 0 fully saturated rings. The Morgan fingerprint density at radius 2 is 1.66 bits per heavy atom. The summed E-state index contributed by atoms with van der Waals surface area (Å²) in [5.74, 6) is 1.07. The molecule has 0 bridgehead atoms. The first kappa shape index (κ1) is 23.1. The second-order valence-electron chi connectivity index (χ2n) is 7.12. The Bertz CT molecular complexity index is 1160. The van der Waals surface area contributed by atoms with E-state index in [1.165, 1.54) is 30.6 Å². The molecule has 1 N–H and O–H groups in total. The summed E-state index contributed by atoms with van der Waals surface area (Å²) in [6.45, 7) is 2.67. The quantitative estimate of drug-likeness (QED) is 0.499. The minimum Gasteiger partial charge on any atom is -0.497 e. The van der Waals surface area contributed by atoms with Gasteiger partial charge < -0.3 is 14.8 Å². The van der Waals surface area contributed by atoms with Crippen LogP contribution in [0, 0.1) is 6.92 Å². The lowest BCUT2D eigenvalue weighted by Crippen LogP contribution is -2.28. The molecule has 0 aliphatic heterocycles. The molecule has 0 aromatic heterocycles. The molecular formula is C24H26N2O5S. The minimum atomic E-state index is -3.74. The van der Waals surface area contributed by atoms with Crippen LogP contribution in [0.2, 0.25) is 0 Å². The molecule has 3 aromatic carbocycles. The predicted octanol–water partition coefficient (Wildman–Crippen LogP) is 3.64. The summed E-state index contributed by atoms with van der Waals surface area (Å²) in [7, 11) is -0.749. The zero-order chi connectivity index (χ0) is 23.1. The number of ether oxygens (including phenoxy) is 2. The van der Waals surface area contributed by atoms with Crippen molar-refractivity contribution >= 4 is 21.6 Å². The molecule has 7 nitrogen and oxygen atoms in total. The summed E-state index contributed by atoms with van der Waals surface area (Å²) < 4.78 is 37.6. The highest BCUT2D eigenvalue weighted by Gasteiger charge is 2.21. The fourth-order valence-corrected chi connectivity index (χ4v) is 4.20. The van der Waals surface area contributed by atoms with Crippen LogP contribution in [0.5, 0.6) is 11.5 Å². The number of carbonyl (C=O) groups is 1. The number of sulfonamides is 1. The van der Waals surface area contributed by atoms with E-state index < -0.39 is 10.0 Å². The third kappa shape index (κ3) is 5.59. The molecule has 1 amide bonds. The second-order valence-corrected chi connectivity index (χ2v) is 9.09. The number of amides is 1. The maximum absolute atomic E-state index is 12.9. The molecule has 0 radical (unpaired) electrons. The minimum absolute atomic E-state index is 0.149. The van der Waals surface area contributed by atoms with Crippen molar-refractivity contribution in [1.82, 2.24) is 5.32 Å². The number of benzene rings is 3. The summed E-state index contributed by atoms with van der Waals surface area (Å²) in [5.41, 5.74) is 1.98. The van der Waals surface area contributed by atoms with Crippen molar-refractivity contribution in [2.75, 3.05) is 31.6 Å². The summed E-state index contributed by atoms with van der Waals surface area (Å²) in [5, 5.41) is 2.79. The fraction of sp³-hybridized carbons (Fsp3) is 0.208. The van der Waals surface area contributed by atoms with Crippen LogP contribution in [-0.4, -0.2) is 41.6 Å². The van der Waals surface area contributed by atoms with E-state index >= 15 is 0 Å². The van der Waals surface area contributed by atoms with Gasteiger partial charge in [-0.3, -0.25) is 9.10 Å². The van der Waals surface area contributed by atoms with Gasteiger partial charge in [0.1, 0.15) is 18.1 Å². The summed E-state index contributed by atoms with van der Waals surface area (Å²) in [6.07, 6.45) is 0. The Morgan fingerprint density at radius 1 is 0.969 bits per heavy atom. The van der Waals surface area contributed by atoms with Gasteiger partial charge in [0.05, 0.1) is 24.2 Å². The fourth-order valence-electron chi connectivity index (χ4n) is 3.01. The summed E-state index contributed by atoms with van der Waals surface area (Å²) >= 11 is 0. The van der Waals surface area contributed by atoms with E-state index in [0.717, 1.165) is 11.3 Å². The van der Waals surface area contributed by atoms with Crippen LogP contribution in [0.15, 0.2) is 77.7 Å². The Kier molecular flexibility index (Phi) is 7.37. The first-order valence-electron chi connectivity index (χ1n) is 10.0. The van der Waals surface area contributed by atoms with Crippen molar-refractivity contribution < 1.29 is 22.7 Å². The molecule has 32 heavy (non-hydrogen) atoms. The van der Waals surface area contributed by atoms with Crippen LogP contribution >= 0.6 is 0 Å². The third-order valence-corrected chi connectivity index (χ3v) is 6.66. The van der Waals surface area contributed by atoms with Gasteiger partial charge in [0, 0.05) is 12.6 Å². The zero-order valence-corrected chi connectivity index (χ0v) is 19.1. The maximum atomic E-state index is 12.9. The highest BCUT2D eigenvalue weighted by atomic mass is 32.2. The van der Waals surface area contributed by atoms with E-state index in [9.17, 15) is 13.2 Å². The lowest BCUT2D eigenvalue weighted by atomic mass is 10.2. The monoisotopic (exact) mass is 454 g/mol. The zero-order valence-electron chi connectivity index (χ0n) is 18.2. The number of nitrogens with one attached hydrogen (secondary N) is 1. The van der Waals surface area contributed by atoms with E-state index in [-0.39, 0.29) is 10.8 Å². The van der Waals surface area contributed by atoms with Crippen molar-refractivity contribution in [1.29, 1.82) is 0 Å². The molecule has 8 heteroatoms. The standard InChI is InChI=1S/C24H26N2O5S/c1-18-5-4-6-22(17-18)31-16-15-25-24(27)19-7-9-20(10-8-19)26(2)32(28,29)23-13-11-21(30-3)12-14-23/h4-14,17H,15-16H2,1-3H3,(H,25,27). The van der Waals surface area contributed by atoms with E-state index in [1.54, 1.807) is 36.4 Å². The summed E-state index contributed by atoms with van der Waals surface area (Å²) in [4.78, 5) is 12.5. The molecule has 0 saturated heterocycles. The number of nitrogens with zero attached hydrogens (tertiary/aromatic N) is 1. The summed E-state index contributed by atoms with van der Waals surface area (Å²) in [6, 6.07) is 20.2. The molecule has 0 atom stereocenters. The Morgan fingerprint density at radius 3 is 2.28 bits per heavy atom. The van der Waals surface area contributed by atoms with E-state index in [2.05, 4.69) is 5.32 Å². The van der Waals surface area contributed by atoms with Crippen LogP contribution in [0.4, 0.5) is 5.69 Å². The van der Waals surface area contributed by atoms with E-state index in [1.807, 2.05) is 31.2 Å². The Hall–Kier alpha value is -3.52. The number of carbonyl (C=O) groups excluding carboxylic acids is 1. The molecule has 3 rings (SSSR count). The average molecular weight is 455 g/mol. The van der Waals surface area contributed by atoms with Gasteiger partial charge in [0.2, 0.25) is 0 Å². The highest BCUT2D eigenvalue weighted by molar-refractivity contribution is 7.92. The number of rotatable bonds is 9. The van der Waals surface area contributed by atoms with Crippen LogP contribution in [-0.2, 0) is 10.0 Å². The average Bonchev–Trinajstić information content (AvgIpc) is 2.81. The Labute approximate surface area is 188 Å². The lowest BCUT2D eigenvalue weighted by Gasteiger charge is -2.20. The molecule has 0 unspecified atom stereocenters. The van der Waals surface area contributed by atoms with Crippen molar-refractivity contribution in [2.45, 2.75) is 11.8 Å². The number of hydrogen-bond acceptors (Lipinski definition) is 5. The molecule has 0 spiro atoms. The smallest absolute Gasteiger partial charge is 0.264 e. The number of anilines is 1. The van der Waals surface area contributed by atoms with Crippen LogP contribution < -0.4 is 19.1 Å². The van der Waals surface area contributed by atoms with Gasteiger partial charge in [-0.1, -0.05) is 12.1 Å². The maximum Gasteiger partial charge on any atom is 0.264 e. The van der Waals surface area contributed by atoms with Gasteiger partial charge in [-0.05, 0) is 73.2 Å². The topological polar surface area (TPSA) is 84.9 Å². The number of aryl methyl sites for hydroxylation is 1. The van der Waals surface area contributed by atoms with Gasteiger partial charge >= 0.3 is 0 Å². The molecule has 168 valence electrons. The van der Waals surface area contributed by atoms with Gasteiger partial charge in [-0.25, -0.2) is 8.42 Å². The first-order chi connectivity index (χ1) is 15.3. The molecular weight excluding hydrogens is 428 g/mol. The number of methoxy groups -OCH3 is 1. The van der Waals surface area contributed by atoms with E-state index in [4.69, 9.17) is 9.47 Å². The van der Waals surface area contributed by atoms with Crippen molar-refractivity contribution in [3.05, 3.63) is 83.9 Å². The number of hydrogen-bond donors (Lipinski definition) is 1. The van der Waals surface area contributed by atoms with Gasteiger partial charge in [-0.2, -0.15) is 0 Å².